The Hall–Kier alpha value is -0.590. The summed E-state index contributed by atoms with van der Waals surface area (Å²) < 4.78 is 0. The lowest BCUT2D eigenvalue weighted by Gasteiger charge is -2.14. The van der Waals surface area contributed by atoms with Crippen molar-refractivity contribution in [2.24, 2.45) is 11.3 Å². The van der Waals surface area contributed by atoms with E-state index in [2.05, 4.69) is 27.0 Å². The third kappa shape index (κ3) is 1.92. The van der Waals surface area contributed by atoms with E-state index in [4.69, 9.17) is 0 Å². The van der Waals surface area contributed by atoms with Crippen LogP contribution in [0.25, 0.3) is 0 Å². The minimum Gasteiger partial charge on any atom is -0.299 e. The normalized spacial score (nSPS) is 18.5. The van der Waals surface area contributed by atoms with Gasteiger partial charge in [-0.25, -0.2) is 0 Å². The zero-order valence-corrected chi connectivity index (χ0v) is 7.81. The van der Waals surface area contributed by atoms with Gasteiger partial charge in [0, 0.05) is 5.41 Å². The zero-order valence-electron chi connectivity index (χ0n) is 7.81. The van der Waals surface area contributed by atoms with Gasteiger partial charge in [-0.3, -0.25) is 4.79 Å². The molecule has 0 aromatic carbocycles. The summed E-state index contributed by atoms with van der Waals surface area (Å²) >= 11 is 0. The Balaban J connectivity index is 0.000000461. The zero-order chi connectivity index (χ0) is 9.07. The monoisotopic (exact) mass is 154 g/mol. The molecular formula is C10H18O. The highest BCUT2D eigenvalue weighted by Crippen LogP contribution is 2.52. The molecule has 64 valence electrons. The largest absolute Gasteiger partial charge is 0.299 e. The predicted octanol–water partition coefficient (Wildman–Crippen LogP) is 2.81. The van der Waals surface area contributed by atoms with Crippen LogP contribution in [-0.2, 0) is 4.79 Å². The molecule has 1 heteroatoms. The van der Waals surface area contributed by atoms with E-state index in [0.29, 0.717) is 11.7 Å². The maximum Gasteiger partial charge on any atom is 0.136 e. The van der Waals surface area contributed by atoms with Gasteiger partial charge in [-0.2, -0.15) is 0 Å². The Labute approximate surface area is 69.5 Å². The highest BCUT2D eigenvalue weighted by Gasteiger charge is 2.49. The van der Waals surface area contributed by atoms with Crippen molar-refractivity contribution in [3.63, 3.8) is 0 Å². The molecule has 1 saturated carbocycles. The van der Waals surface area contributed by atoms with E-state index in [0.717, 1.165) is 12.8 Å². The van der Waals surface area contributed by atoms with E-state index in [1.165, 1.54) is 0 Å². The van der Waals surface area contributed by atoms with Crippen LogP contribution in [0.3, 0.4) is 0 Å². The Morgan fingerprint density at radius 3 is 1.73 bits per heavy atom. The lowest BCUT2D eigenvalue weighted by Crippen LogP contribution is -2.18. The summed E-state index contributed by atoms with van der Waals surface area (Å²) in [6, 6.07) is 0. The molecule has 0 unspecified atom stereocenters. The molecule has 0 heterocycles. The van der Waals surface area contributed by atoms with Crippen LogP contribution in [0, 0.1) is 11.3 Å². The smallest absolute Gasteiger partial charge is 0.136 e. The lowest BCUT2D eigenvalue weighted by molar-refractivity contribution is -0.123. The Morgan fingerprint density at radius 2 is 1.73 bits per heavy atom. The van der Waals surface area contributed by atoms with Gasteiger partial charge in [0.2, 0.25) is 0 Å². The first-order chi connectivity index (χ1) is 5.09. The van der Waals surface area contributed by atoms with Crippen LogP contribution in [0.2, 0.25) is 0 Å². The second-order valence-corrected chi connectivity index (χ2v) is 3.37. The van der Waals surface area contributed by atoms with Crippen molar-refractivity contribution in [3.8, 4) is 0 Å². The molecule has 0 aromatic heterocycles. The van der Waals surface area contributed by atoms with Gasteiger partial charge in [-0.05, 0) is 25.7 Å². The quantitative estimate of drug-likeness (QED) is 0.559. The summed E-state index contributed by atoms with van der Waals surface area (Å²) in [4.78, 5) is 11.0. The molecule has 11 heavy (non-hydrogen) atoms. The minimum absolute atomic E-state index is 0.111. The molecule has 1 nitrogen and oxygen atoms in total. The topological polar surface area (TPSA) is 17.1 Å². The number of hydrogen-bond acceptors (Lipinski definition) is 1. The van der Waals surface area contributed by atoms with Crippen LogP contribution in [0.5, 0.6) is 0 Å². The van der Waals surface area contributed by atoms with Crippen molar-refractivity contribution < 1.29 is 4.79 Å². The van der Waals surface area contributed by atoms with Gasteiger partial charge >= 0.3 is 0 Å². The maximum absolute atomic E-state index is 11.0. The fourth-order valence-corrected chi connectivity index (χ4v) is 1.47. The number of ketones is 1. The van der Waals surface area contributed by atoms with Gasteiger partial charge < -0.3 is 0 Å². The highest BCUT2D eigenvalue weighted by molar-refractivity contribution is 5.85. The second-order valence-electron chi connectivity index (χ2n) is 3.37. The van der Waals surface area contributed by atoms with Gasteiger partial charge in [-0.15, -0.1) is 13.2 Å². The first-order valence-electron chi connectivity index (χ1n) is 4.10. The molecule has 0 saturated heterocycles. The Bertz CT molecular complexity index is 143. The molecule has 0 aromatic rings. The summed E-state index contributed by atoms with van der Waals surface area (Å²) in [7, 11) is 0. The molecule has 1 aliphatic carbocycles. The van der Waals surface area contributed by atoms with E-state index in [1.807, 2.05) is 0 Å². The number of carbonyl (C=O) groups excluding carboxylic acids is 1. The average molecular weight is 154 g/mol. The second kappa shape index (κ2) is 3.70. The van der Waals surface area contributed by atoms with Crippen molar-refractivity contribution in [1.29, 1.82) is 0 Å². The van der Waals surface area contributed by atoms with E-state index in [9.17, 15) is 4.79 Å². The molecule has 1 fully saturated rings. The molecule has 0 amide bonds. The minimum atomic E-state index is 0.111. The van der Waals surface area contributed by atoms with Crippen LogP contribution >= 0.6 is 0 Å². The van der Waals surface area contributed by atoms with Gasteiger partial charge in [0.25, 0.3) is 0 Å². The van der Waals surface area contributed by atoms with E-state index in [1.54, 1.807) is 6.92 Å². The summed E-state index contributed by atoms with van der Waals surface area (Å²) in [5.74, 6) is 0.938. The van der Waals surface area contributed by atoms with Crippen LogP contribution in [0.15, 0.2) is 13.2 Å². The van der Waals surface area contributed by atoms with Crippen molar-refractivity contribution in [2.45, 2.75) is 33.6 Å². The predicted molar refractivity (Wildman–Crippen MR) is 48.4 cm³/mol. The molecule has 0 N–H and O–H groups in total. The van der Waals surface area contributed by atoms with Gasteiger partial charge in [-0.1, -0.05) is 13.8 Å². The van der Waals surface area contributed by atoms with E-state index < -0.39 is 0 Å². The summed E-state index contributed by atoms with van der Waals surface area (Å²) in [5.41, 5.74) is 0.111. The average Bonchev–Trinajstić information content (AvgIpc) is 2.70. The van der Waals surface area contributed by atoms with Crippen molar-refractivity contribution in [2.75, 3.05) is 0 Å². The summed E-state index contributed by atoms with van der Waals surface area (Å²) in [5, 5.41) is 0. The Morgan fingerprint density at radius 1 is 1.36 bits per heavy atom. The molecule has 0 atom stereocenters. The lowest BCUT2D eigenvalue weighted by atomic mass is 9.89. The van der Waals surface area contributed by atoms with Gasteiger partial charge in [0.05, 0.1) is 0 Å². The van der Waals surface area contributed by atoms with Crippen LogP contribution in [-0.4, -0.2) is 5.78 Å². The number of carbonyl (C=O) groups is 1. The molecular weight excluding hydrogens is 136 g/mol. The van der Waals surface area contributed by atoms with E-state index in [-0.39, 0.29) is 5.41 Å². The fraction of sp³-hybridized carbons (Fsp3) is 0.700. The molecule has 1 aliphatic rings. The maximum atomic E-state index is 11.0. The third-order valence-electron chi connectivity index (χ3n) is 2.60. The first-order valence-corrected chi connectivity index (χ1v) is 4.10. The van der Waals surface area contributed by atoms with Gasteiger partial charge in [0.1, 0.15) is 5.78 Å². The highest BCUT2D eigenvalue weighted by atomic mass is 16.1. The summed E-state index contributed by atoms with van der Waals surface area (Å²) in [6.45, 7) is 12.0. The Kier molecular flexibility index (Phi) is 3.50. The number of hydrogen-bond donors (Lipinski definition) is 0. The third-order valence-corrected chi connectivity index (χ3v) is 2.60. The summed E-state index contributed by atoms with van der Waals surface area (Å²) in [6.07, 6.45) is 2.25. The van der Waals surface area contributed by atoms with Crippen molar-refractivity contribution in [3.05, 3.63) is 13.2 Å². The molecule has 0 bridgehead atoms. The van der Waals surface area contributed by atoms with Crippen LogP contribution in [0.1, 0.15) is 33.6 Å². The molecule has 0 radical (unpaired) electrons. The van der Waals surface area contributed by atoms with Crippen LogP contribution in [0.4, 0.5) is 0 Å². The van der Waals surface area contributed by atoms with Crippen molar-refractivity contribution in [1.82, 2.24) is 0 Å². The molecule has 1 rings (SSSR count). The first kappa shape index (κ1) is 10.4. The molecule has 0 spiro atoms. The molecule has 0 aliphatic heterocycles. The van der Waals surface area contributed by atoms with Crippen molar-refractivity contribution >= 4 is 5.78 Å². The standard InChI is InChI=1S/C8H14O.C2H4/c1-6(2)8(4-5-8)7(3)9;1-2/h6H,4-5H2,1-3H3;1-2H2. The van der Waals surface area contributed by atoms with Crippen LogP contribution < -0.4 is 0 Å². The number of rotatable bonds is 2. The number of Topliss-reactive ketones (excluding diaryl/α,β-unsaturated/α-hetero) is 1. The fourth-order valence-electron chi connectivity index (χ4n) is 1.47. The van der Waals surface area contributed by atoms with E-state index >= 15 is 0 Å². The SMILES string of the molecule is C=C.CC(=O)C1(C(C)C)CC1. The van der Waals surface area contributed by atoms with Gasteiger partial charge in [0.15, 0.2) is 0 Å².